The molecule has 0 aliphatic heterocycles. The molecule has 16 bridgehead atoms. The maximum absolute atomic E-state index is 13.6. The molecule has 16 rings (SSSR count). The normalized spacial score (nSPS) is 44.6. The van der Waals surface area contributed by atoms with E-state index in [1.165, 1.54) is 0 Å². The molecular formula is C57H78F4O16. The molecule has 0 saturated heterocycles. The lowest BCUT2D eigenvalue weighted by atomic mass is 9.48. The molecule has 0 aromatic carbocycles. The molecular weight excluding hydrogens is 1020 g/mol. The van der Waals surface area contributed by atoms with E-state index < -0.39 is 125 Å². The minimum atomic E-state index is -3.75. The number of halogens is 4. The maximum Gasteiger partial charge on any atom is 0.377 e. The van der Waals surface area contributed by atoms with E-state index in [1.54, 1.807) is 0 Å². The first-order chi connectivity index (χ1) is 36.1. The predicted molar refractivity (Wildman–Crippen MR) is 258 cm³/mol. The number of hydrogen-bond acceptors (Lipinski definition) is 16. The highest BCUT2D eigenvalue weighted by Gasteiger charge is 2.64. The van der Waals surface area contributed by atoms with E-state index in [4.69, 9.17) is 28.4 Å². The molecule has 16 aliphatic rings. The van der Waals surface area contributed by atoms with Gasteiger partial charge in [0.1, 0.15) is 25.9 Å². The lowest BCUT2D eigenvalue weighted by molar-refractivity contribution is -0.202. The molecule has 16 fully saturated rings. The molecule has 16 aliphatic carbocycles. The average Bonchev–Trinajstić information content (AvgIpc) is 3.39. The Hall–Kier alpha value is -3.62. The number of ether oxygens (including phenoxy) is 6. The van der Waals surface area contributed by atoms with Crippen LogP contribution in [0.3, 0.4) is 0 Å². The summed E-state index contributed by atoms with van der Waals surface area (Å²) in [5.41, 5.74) is -4.64. The van der Waals surface area contributed by atoms with E-state index >= 15 is 0 Å². The van der Waals surface area contributed by atoms with Crippen molar-refractivity contribution in [3.63, 3.8) is 0 Å². The van der Waals surface area contributed by atoms with Crippen molar-refractivity contribution < 1.29 is 95.2 Å². The van der Waals surface area contributed by atoms with Crippen molar-refractivity contribution in [3.05, 3.63) is 0 Å². The van der Waals surface area contributed by atoms with Crippen LogP contribution in [0.2, 0.25) is 0 Å². The fourth-order valence-corrected chi connectivity index (χ4v) is 19.6. The Bertz CT molecular complexity index is 2220. The van der Waals surface area contributed by atoms with Crippen LogP contribution >= 0.6 is 0 Å². The van der Waals surface area contributed by atoms with Crippen LogP contribution < -0.4 is 0 Å². The number of aliphatic hydroxyl groups is 4. The standard InChI is InChI=1S/C29H40F2O8.C28H38F2O8/c1-25(30,31)22(32)39-21(14-38-24(34)27-8-19-5-20(9-27)13-29(36,12-19)16-27)2-3-37-23(33)26-6-17-4-18(7-26)11-28(35,10-17)15-26;1-26(29,30)23(33)38-20(12-36-24(34)27-6-14-2-16(8-27)21(31)17(3-14)9-27)13-37-25(35)28-7-15-4-18(10-28)22(32)19(5-15)11-28/h17-21,35-36H,2-16H2,1H3;14-22,31-32H,2-13H2,1H3. The number of esters is 6. The Balaban J connectivity index is 0.000000164. The van der Waals surface area contributed by atoms with Crippen molar-refractivity contribution in [3.8, 4) is 0 Å². The number of carbonyl (C=O) groups excluding carboxylic acids is 6. The van der Waals surface area contributed by atoms with Crippen LogP contribution in [-0.4, -0.2) is 130 Å². The molecule has 0 amide bonds. The Morgan fingerprint density at radius 1 is 0.442 bits per heavy atom. The zero-order chi connectivity index (χ0) is 54.9. The van der Waals surface area contributed by atoms with Crippen molar-refractivity contribution in [2.45, 2.75) is 209 Å². The third kappa shape index (κ3) is 10.7. The van der Waals surface area contributed by atoms with Gasteiger partial charge in [0.05, 0.1) is 51.7 Å². The number of aliphatic hydroxyl groups excluding tert-OH is 2. The van der Waals surface area contributed by atoms with Crippen LogP contribution in [0.25, 0.3) is 0 Å². The zero-order valence-corrected chi connectivity index (χ0v) is 44.4. The van der Waals surface area contributed by atoms with Gasteiger partial charge < -0.3 is 48.8 Å². The summed E-state index contributed by atoms with van der Waals surface area (Å²) in [5, 5.41) is 42.9. The molecule has 9 unspecified atom stereocenters. The maximum atomic E-state index is 13.6. The van der Waals surface area contributed by atoms with Crippen LogP contribution in [0.4, 0.5) is 17.6 Å². The minimum Gasteiger partial charge on any atom is -0.465 e. The number of rotatable bonds is 17. The largest absolute Gasteiger partial charge is 0.465 e. The van der Waals surface area contributed by atoms with Crippen LogP contribution in [0, 0.1) is 80.8 Å². The van der Waals surface area contributed by atoms with Crippen molar-refractivity contribution in [2.24, 2.45) is 80.8 Å². The quantitative estimate of drug-likeness (QED) is 0.0673. The molecule has 0 aromatic rings. The third-order valence-corrected chi connectivity index (χ3v) is 21.4. The Kier molecular flexibility index (Phi) is 14.0. The summed E-state index contributed by atoms with van der Waals surface area (Å²) in [6.07, 6.45) is 11.8. The highest BCUT2D eigenvalue weighted by Crippen LogP contribution is 2.65. The summed E-state index contributed by atoms with van der Waals surface area (Å²) in [6.45, 7) is -0.731. The third-order valence-electron chi connectivity index (χ3n) is 21.4. The number of carbonyl (C=O) groups is 6. The van der Waals surface area contributed by atoms with E-state index in [9.17, 15) is 66.8 Å². The van der Waals surface area contributed by atoms with Crippen molar-refractivity contribution in [2.75, 3.05) is 26.4 Å². The second-order valence-corrected chi connectivity index (χ2v) is 28.0. The molecule has 4 N–H and O–H groups in total. The van der Waals surface area contributed by atoms with Gasteiger partial charge in [-0.3, -0.25) is 19.2 Å². The van der Waals surface area contributed by atoms with Gasteiger partial charge in [0.15, 0.2) is 6.10 Å². The first-order valence-electron chi connectivity index (χ1n) is 28.7. The van der Waals surface area contributed by atoms with E-state index in [0.717, 1.165) is 38.5 Å². The first kappa shape index (κ1) is 55.3. The first-order valence-corrected chi connectivity index (χ1v) is 28.7. The van der Waals surface area contributed by atoms with Gasteiger partial charge in [-0.05, 0) is 200 Å². The van der Waals surface area contributed by atoms with Crippen LogP contribution in [0.15, 0.2) is 0 Å². The minimum absolute atomic E-state index is 0.0564. The number of alkyl halides is 4. The van der Waals surface area contributed by atoms with E-state index in [0.29, 0.717) is 140 Å². The van der Waals surface area contributed by atoms with E-state index in [-0.39, 0.29) is 48.5 Å². The molecule has 0 heterocycles. The molecule has 77 heavy (non-hydrogen) atoms. The SMILES string of the molecule is CC(F)(F)C(=O)OC(CCOC(=O)C12CC3CC(CC(O)(C3)C1)C2)COC(=O)C12CC3CC(CC(O)(C3)C1)C2.CC(F)(F)C(=O)OC(COC(=O)C12CC3CC(C1)C(O)C(C3)C2)COC(=O)C12CC3CC(C1)C(O)C(C3)C2. The zero-order valence-electron chi connectivity index (χ0n) is 44.4. The van der Waals surface area contributed by atoms with Gasteiger partial charge in [-0.2, -0.15) is 17.6 Å². The van der Waals surface area contributed by atoms with Gasteiger partial charge in [-0.15, -0.1) is 0 Å². The summed E-state index contributed by atoms with van der Waals surface area (Å²) in [4.78, 5) is 76.9. The molecule has 0 radical (unpaired) electrons. The monoisotopic (exact) mass is 1090 g/mol. The lowest BCUT2D eigenvalue weighted by Gasteiger charge is -2.58. The molecule has 0 aromatic heterocycles. The molecule has 0 spiro atoms. The average molecular weight is 1100 g/mol. The van der Waals surface area contributed by atoms with Crippen LogP contribution in [0.1, 0.15) is 162 Å². The van der Waals surface area contributed by atoms with Crippen molar-refractivity contribution in [1.82, 2.24) is 0 Å². The fourth-order valence-electron chi connectivity index (χ4n) is 19.6. The van der Waals surface area contributed by atoms with E-state index in [1.807, 2.05) is 0 Å². The summed E-state index contributed by atoms with van der Waals surface area (Å²) < 4.78 is 86.7. The lowest BCUT2D eigenvalue weighted by Crippen LogP contribution is -2.58. The predicted octanol–water partition coefficient (Wildman–Crippen LogP) is 6.71. The topological polar surface area (TPSA) is 239 Å². The number of hydrogen-bond donors (Lipinski definition) is 4. The van der Waals surface area contributed by atoms with Crippen LogP contribution in [0.5, 0.6) is 0 Å². The highest BCUT2D eigenvalue weighted by atomic mass is 19.3. The van der Waals surface area contributed by atoms with Crippen molar-refractivity contribution >= 4 is 35.8 Å². The Morgan fingerprint density at radius 3 is 1.10 bits per heavy atom. The van der Waals surface area contributed by atoms with Gasteiger partial charge >= 0.3 is 47.7 Å². The van der Waals surface area contributed by atoms with Gasteiger partial charge in [0, 0.05) is 20.3 Å². The summed E-state index contributed by atoms with van der Waals surface area (Å²) in [5.74, 6) is -10.7. The van der Waals surface area contributed by atoms with Gasteiger partial charge in [0.2, 0.25) is 0 Å². The van der Waals surface area contributed by atoms with Gasteiger partial charge in [-0.1, -0.05) is 0 Å². The van der Waals surface area contributed by atoms with E-state index in [2.05, 4.69) is 0 Å². The fraction of sp³-hybridized carbons (Fsp3) is 0.895. The molecule has 16 nitrogen and oxygen atoms in total. The van der Waals surface area contributed by atoms with Gasteiger partial charge in [0.25, 0.3) is 0 Å². The van der Waals surface area contributed by atoms with Gasteiger partial charge in [-0.25, -0.2) is 9.59 Å². The second kappa shape index (κ2) is 19.5. The Morgan fingerprint density at radius 2 is 0.753 bits per heavy atom. The van der Waals surface area contributed by atoms with Crippen LogP contribution in [-0.2, 0) is 57.2 Å². The summed E-state index contributed by atoms with van der Waals surface area (Å²) >= 11 is 0. The van der Waals surface area contributed by atoms with Crippen molar-refractivity contribution in [1.29, 1.82) is 0 Å². The molecule has 16 saturated carbocycles. The Labute approximate surface area is 446 Å². The molecule has 20 heteroatoms. The molecule has 9 atom stereocenters. The molecule has 430 valence electrons. The smallest absolute Gasteiger partial charge is 0.377 e. The summed E-state index contributed by atoms with van der Waals surface area (Å²) in [6, 6.07) is 0. The highest BCUT2D eigenvalue weighted by molar-refractivity contribution is 5.81. The second-order valence-electron chi connectivity index (χ2n) is 28.0. The summed E-state index contributed by atoms with van der Waals surface area (Å²) in [7, 11) is 0.